The van der Waals surface area contributed by atoms with E-state index in [9.17, 15) is 0 Å². The molecule has 0 amide bonds. The van der Waals surface area contributed by atoms with E-state index in [0.717, 1.165) is 10.7 Å². The quantitative estimate of drug-likeness (QED) is 0.774. The minimum absolute atomic E-state index is 0.638. The third kappa shape index (κ3) is 3.71. The van der Waals surface area contributed by atoms with E-state index in [4.69, 9.17) is 11.6 Å². The van der Waals surface area contributed by atoms with Crippen LogP contribution in [0.15, 0.2) is 24.3 Å². The first kappa shape index (κ1) is 11.8. The Morgan fingerprint density at radius 3 is 2.38 bits per heavy atom. The summed E-state index contributed by atoms with van der Waals surface area (Å²) in [6, 6.07) is 8.68. The van der Waals surface area contributed by atoms with Gasteiger partial charge in [0.15, 0.2) is 0 Å². The van der Waals surface area contributed by atoms with Crippen molar-refractivity contribution < 1.29 is 0 Å². The van der Waals surface area contributed by atoms with Gasteiger partial charge in [0, 0.05) is 16.8 Å². The van der Waals surface area contributed by atoms with Crippen molar-refractivity contribution in [3.63, 3.8) is 0 Å². The number of hydrogen-bond donors (Lipinski definition) is 1. The van der Waals surface area contributed by atoms with E-state index in [-0.39, 0.29) is 0 Å². The van der Waals surface area contributed by atoms with Crippen molar-refractivity contribution in [3.05, 3.63) is 29.3 Å². The summed E-state index contributed by atoms with van der Waals surface area (Å²) in [5, 5.41) is 4.42. The topological polar surface area (TPSA) is 12.0 Å². The van der Waals surface area contributed by atoms with Gasteiger partial charge < -0.3 is 5.32 Å². The summed E-state index contributed by atoms with van der Waals surface area (Å²) in [5.41, 5.74) is 1.16. The molecule has 1 aromatic rings. The molecule has 0 atom stereocenters. The van der Waals surface area contributed by atoms with Gasteiger partial charge in [0.1, 0.15) is 0 Å². The Balaban J connectivity index is 1.91. The highest BCUT2D eigenvalue weighted by Gasteiger charge is 2.10. The maximum Gasteiger partial charge on any atom is 0.0426 e. The van der Waals surface area contributed by atoms with Crippen molar-refractivity contribution in [2.24, 2.45) is 0 Å². The molecule has 16 heavy (non-hydrogen) atoms. The lowest BCUT2D eigenvalue weighted by Gasteiger charge is -2.22. The van der Waals surface area contributed by atoms with E-state index in [1.807, 2.05) is 18.2 Å². The Labute approximate surface area is 103 Å². The molecule has 0 unspecified atom stereocenters. The van der Waals surface area contributed by atoms with Gasteiger partial charge in [-0.2, -0.15) is 0 Å². The summed E-state index contributed by atoms with van der Waals surface area (Å²) in [6.45, 7) is 0. The zero-order valence-corrected chi connectivity index (χ0v) is 10.5. The number of anilines is 1. The highest BCUT2D eigenvalue weighted by atomic mass is 35.5. The minimum atomic E-state index is 0.638. The molecule has 2 rings (SSSR count). The van der Waals surface area contributed by atoms with Gasteiger partial charge in [-0.3, -0.25) is 0 Å². The average Bonchev–Trinajstić information content (AvgIpc) is 2.22. The fraction of sp³-hybridized carbons (Fsp3) is 0.571. The Hall–Kier alpha value is -0.690. The SMILES string of the molecule is Clc1cccc(NC2CCCCCCC2)c1. The Kier molecular flexibility index (Phi) is 4.53. The van der Waals surface area contributed by atoms with Crippen LogP contribution in [0.25, 0.3) is 0 Å². The second kappa shape index (κ2) is 6.15. The third-order valence-corrected chi connectivity index (χ3v) is 3.54. The van der Waals surface area contributed by atoms with Crippen molar-refractivity contribution in [2.45, 2.75) is 51.0 Å². The fourth-order valence-electron chi connectivity index (χ4n) is 2.41. The zero-order valence-electron chi connectivity index (χ0n) is 9.71. The summed E-state index contributed by atoms with van der Waals surface area (Å²) in [4.78, 5) is 0. The van der Waals surface area contributed by atoms with Crippen LogP contribution in [0.4, 0.5) is 5.69 Å². The van der Waals surface area contributed by atoms with Crippen LogP contribution in [0.3, 0.4) is 0 Å². The molecule has 88 valence electrons. The molecule has 0 heterocycles. The summed E-state index contributed by atoms with van der Waals surface area (Å²) in [6.07, 6.45) is 9.53. The van der Waals surface area contributed by atoms with Gasteiger partial charge in [-0.05, 0) is 31.0 Å². The minimum Gasteiger partial charge on any atom is -0.382 e. The van der Waals surface area contributed by atoms with E-state index in [1.54, 1.807) is 0 Å². The standard InChI is InChI=1S/C14H20ClN/c15-12-7-6-10-14(11-12)16-13-8-4-2-1-3-5-9-13/h6-7,10-11,13,16H,1-5,8-9H2. The largest absolute Gasteiger partial charge is 0.382 e. The Morgan fingerprint density at radius 2 is 1.69 bits per heavy atom. The van der Waals surface area contributed by atoms with E-state index in [1.165, 1.54) is 44.9 Å². The normalized spacial score (nSPS) is 18.8. The van der Waals surface area contributed by atoms with Crippen LogP contribution in [0.1, 0.15) is 44.9 Å². The van der Waals surface area contributed by atoms with Crippen LogP contribution in [0.2, 0.25) is 5.02 Å². The highest BCUT2D eigenvalue weighted by Crippen LogP contribution is 2.22. The molecular weight excluding hydrogens is 218 g/mol. The van der Waals surface area contributed by atoms with E-state index in [2.05, 4.69) is 11.4 Å². The molecule has 2 heteroatoms. The summed E-state index contributed by atoms with van der Waals surface area (Å²) >= 11 is 5.98. The van der Waals surface area contributed by atoms with Gasteiger partial charge in [-0.25, -0.2) is 0 Å². The Morgan fingerprint density at radius 1 is 1.00 bits per heavy atom. The molecule has 1 nitrogen and oxygen atoms in total. The van der Waals surface area contributed by atoms with E-state index < -0.39 is 0 Å². The molecule has 1 aromatic carbocycles. The molecule has 0 aromatic heterocycles. The number of rotatable bonds is 2. The lowest BCUT2D eigenvalue weighted by molar-refractivity contribution is 0.471. The lowest BCUT2D eigenvalue weighted by atomic mass is 9.96. The summed E-state index contributed by atoms with van der Waals surface area (Å²) in [5.74, 6) is 0. The second-order valence-corrected chi connectivity index (χ2v) is 5.13. The van der Waals surface area contributed by atoms with Crippen molar-refractivity contribution in [1.29, 1.82) is 0 Å². The number of nitrogens with one attached hydrogen (secondary N) is 1. The van der Waals surface area contributed by atoms with E-state index >= 15 is 0 Å². The van der Waals surface area contributed by atoms with Gasteiger partial charge in [0.2, 0.25) is 0 Å². The number of benzene rings is 1. The van der Waals surface area contributed by atoms with Crippen LogP contribution < -0.4 is 5.32 Å². The smallest absolute Gasteiger partial charge is 0.0426 e. The lowest BCUT2D eigenvalue weighted by Crippen LogP contribution is -2.20. The number of hydrogen-bond acceptors (Lipinski definition) is 1. The van der Waals surface area contributed by atoms with Crippen LogP contribution in [-0.2, 0) is 0 Å². The highest BCUT2D eigenvalue weighted by molar-refractivity contribution is 6.30. The molecule has 1 fully saturated rings. The van der Waals surface area contributed by atoms with Crippen LogP contribution in [0.5, 0.6) is 0 Å². The molecule has 0 spiro atoms. The predicted molar refractivity (Wildman–Crippen MR) is 71.2 cm³/mol. The molecule has 1 aliphatic carbocycles. The van der Waals surface area contributed by atoms with Gasteiger partial charge in [-0.15, -0.1) is 0 Å². The molecule has 1 saturated carbocycles. The molecular formula is C14H20ClN. The zero-order chi connectivity index (χ0) is 11.2. The molecule has 1 aliphatic rings. The van der Waals surface area contributed by atoms with Crippen molar-refractivity contribution in [1.82, 2.24) is 0 Å². The monoisotopic (exact) mass is 237 g/mol. The molecule has 0 saturated heterocycles. The predicted octanol–water partition coefficient (Wildman–Crippen LogP) is 4.86. The maximum atomic E-state index is 5.98. The fourth-order valence-corrected chi connectivity index (χ4v) is 2.60. The van der Waals surface area contributed by atoms with Gasteiger partial charge in [-0.1, -0.05) is 49.8 Å². The van der Waals surface area contributed by atoms with Gasteiger partial charge in [0.05, 0.1) is 0 Å². The molecule has 0 aliphatic heterocycles. The molecule has 1 N–H and O–H groups in total. The van der Waals surface area contributed by atoms with Crippen molar-refractivity contribution in [2.75, 3.05) is 5.32 Å². The van der Waals surface area contributed by atoms with Crippen LogP contribution >= 0.6 is 11.6 Å². The van der Waals surface area contributed by atoms with Crippen LogP contribution in [0, 0.1) is 0 Å². The first-order chi connectivity index (χ1) is 7.84. The summed E-state index contributed by atoms with van der Waals surface area (Å²) in [7, 11) is 0. The second-order valence-electron chi connectivity index (χ2n) is 4.70. The first-order valence-corrected chi connectivity index (χ1v) is 6.74. The molecule has 0 radical (unpaired) electrons. The van der Waals surface area contributed by atoms with E-state index in [0.29, 0.717) is 6.04 Å². The Bertz CT molecular complexity index is 316. The van der Waals surface area contributed by atoms with Crippen LogP contribution in [-0.4, -0.2) is 6.04 Å². The van der Waals surface area contributed by atoms with Gasteiger partial charge in [0.25, 0.3) is 0 Å². The van der Waals surface area contributed by atoms with Crippen molar-refractivity contribution in [3.8, 4) is 0 Å². The molecule has 0 bridgehead atoms. The third-order valence-electron chi connectivity index (χ3n) is 3.30. The maximum absolute atomic E-state index is 5.98. The first-order valence-electron chi connectivity index (χ1n) is 6.37. The van der Waals surface area contributed by atoms with Crippen molar-refractivity contribution >= 4 is 17.3 Å². The number of halogens is 1. The summed E-state index contributed by atoms with van der Waals surface area (Å²) < 4.78 is 0. The average molecular weight is 238 g/mol. The van der Waals surface area contributed by atoms with Gasteiger partial charge >= 0.3 is 0 Å².